The Morgan fingerprint density at radius 1 is 1.12 bits per heavy atom. The van der Waals surface area contributed by atoms with E-state index in [9.17, 15) is 9.59 Å². The monoisotopic (exact) mass is 457 g/mol. The summed E-state index contributed by atoms with van der Waals surface area (Å²) in [4.78, 5) is 33.0. The van der Waals surface area contributed by atoms with Gasteiger partial charge < -0.3 is 24.2 Å². The molecule has 3 aliphatic heterocycles. The molecule has 4 rings (SSSR count). The summed E-state index contributed by atoms with van der Waals surface area (Å²) in [5, 5.41) is 0. The summed E-state index contributed by atoms with van der Waals surface area (Å²) in [6, 6.07) is 8.13. The predicted octanol–water partition coefficient (Wildman–Crippen LogP) is 3.18. The van der Waals surface area contributed by atoms with Crippen molar-refractivity contribution in [1.29, 1.82) is 0 Å². The van der Waals surface area contributed by atoms with Crippen molar-refractivity contribution in [1.82, 2.24) is 9.80 Å². The number of piperidine rings is 2. The van der Waals surface area contributed by atoms with Crippen LogP contribution in [0.2, 0.25) is 0 Å². The van der Waals surface area contributed by atoms with Crippen LogP contribution < -0.4 is 9.64 Å². The summed E-state index contributed by atoms with van der Waals surface area (Å²) >= 11 is 0. The zero-order valence-electron chi connectivity index (χ0n) is 20.2. The number of methoxy groups -OCH3 is 2. The Morgan fingerprint density at radius 2 is 1.94 bits per heavy atom. The summed E-state index contributed by atoms with van der Waals surface area (Å²) in [7, 11) is 3.31. The van der Waals surface area contributed by atoms with E-state index >= 15 is 0 Å². The molecular weight excluding hydrogens is 418 g/mol. The van der Waals surface area contributed by atoms with Crippen molar-refractivity contribution in [2.45, 2.75) is 51.0 Å². The van der Waals surface area contributed by atoms with Gasteiger partial charge in [-0.3, -0.25) is 9.59 Å². The van der Waals surface area contributed by atoms with Crippen molar-refractivity contribution in [2.24, 2.45) is 11.8 Å². The maximum Gasteiger partial charge on any atom is 0.228 e. The van der Waals surface area contributed by atoms with E-state index in [2.05, 4.69) is 4.90 Å². The normalized spacial score (nSPS) is 25.7. The van der Waals surface area contributed by atoms with E-state index in [0.29, 0.717) is 37.4 Å². The minimum absolute atomic E-state index is 0.00851. The van der Waals surface area contributed by atoms with E-state index in [-0.39, 0.29) is 24.2 Å². The van der Waals surface area contributed by atoms with Gasteiger partial charge in [0.1, 0.15) is 5.75 Å². The summed E-state index contributed by atoms with van der Waals surface area (Å²) in [6.45, 7) is 4.94. The molecule has 0 unspecified atom stereocenters. The fourth-order valence-corrected chi connectivity index (χ4v) is 5.98. The highest BCUT2D eigenvalue weighted by atomic mass is 16.5. The van der Waals surface area contributed by atoms with Gasteiger partial charge in [-0.1, -0.05) is 18.6 Å². The van der Waals surface area contributed by atoms with Gasteiger partial charge in [0.15, 0.2) is 0 Å². The highest BCUT2D eigenvalue weighted by molar-refractivity contribution is 6.01. The van der Waals surface area contributed by atoms with Crippen LogP contribution in [0.5, 0.6) is 5.75 Å². The molecule has 182 valence electrons. The Hall–Kier alpha value is -2.12. The molecule has 3 saturated heterocycles. The molecule has 0 N–H and O–H groups in total. The number of rotatable bonds is 9. The van der Waals surface area contributed by atoms with Crippen molar-refractivity contribution >= 4 is 17.5 Å². The van der Waals surface area contributed by atoms with E-state index in [0.717, 1.165) is 18.7 Å². The van der Waals surface area contributed by atoms with Crippen LogP contribution in [0, 0.1) is 11.8 Å². The molecule has 0 aromatic heterocycles. The van der Waals surface area contributed by atoms with Gasteiger partial charge in [-0.25, -0.2) is 0 Å². The third-order valence-electron chi connectivity index (χ3n) is 7.62. The van der Waals surface area contributed by atoms with Gasteiger partial charge in [0.25, 0.3) is 0 Å². The number of carbonyl (C=O) groups is 2. The maximum atomic E-state index is 13.7. The van der Waals surface area contributed by atoms with Crippen LogP contribution in [0.15, 0.2) is 24.3 Å². The summed E-state index contributed by atoms with van der Waals surface area (Å²) in [6.07, 6.45) is 7.31. The average molecular weight is 458 g/mol. The molecule has 0 saturated carbocycles. The standard InChI is InChI=1S/C26H39N3O4/c1-32-16-8-15-28(18-20-9-7-14-27-13-6-5-10-22(20)27)26(31)21-17-25(30)29(19-21)23-11-3-4-12-24(23)33-2/h3-4,11-12,20-22H,5-10,13-19H2,1-2H3/t20-,21+,22-/m0/s1. The molecule has 3 heterocycles. The van der Waals surface area contributed by atoms with Gasteiger partial charge in [0.2, 0.25) is 11.8 Å². The first-order valence-corrected chi connectivity index (χ1v) is 12.6. The number of carbonyl (C=O) groups excluding carboxylic acids is 2. The van der Waals surface area contributed by atoms with Crippen molar-refractivity contribution in [3.8, 4) is 5.75 Å². The average Bonchev–Trinajstić information content (AvgIpc) is 3.24. The minimum Gasteiger partial charge on any atom is -0.495 e. The number of amides is 2. The topological polar surface area (TPSA) is 62.3 Å². The number of para-hydroxylation sites is 2. The molecule has 0 aliphatic carbocycles. The van der Waals surface area contributed by atoms with E-state index in [4.69, 9.17) is 9.47 Å². The van der Waals surface area contributed by atoms with Crippen molar-refractivity contribution < 1.29 is 19.1 Å². The number of anilines is 1. The lowest BCUT2D eigenvalue weighted by atomic mass is 9.83. The van der Waals surface area contributed by atoms with Crippen LogP contribution in [0.3, 0.4) is 0 Å². The van der Waals surface area contributed by atoms with Crippen LogP contribution in [0.25, 0.3) is 0 Å². The van der Waals surface area contributed by atoms with Gasteiger partial charge >= 0.3 is 0 Å². The van der Waals surface area contributed by atoms with Gasteiger partial charge in [-0.05, 0) is 63.2 Å². The zero-order chi connectivity index (χ0) is 23.2. The van der Waals surface area contributed by atoms with Crippen LogP contribution >= 0.6 is 0 Å². The Labute approximate surface area is 198 Å². The van der Waals surface area contributed by atoms with Crippen LogP contribution in [0.4, 0.5) is 5.69 Å². The third-order valence-corrected chi connectivity index (χ3v) is 7.62. The maximum absolute atomic E-state index is 13.7. The van der Waals surface area contributed by atoms with E-state index in [1.807, 2.05) is 29.2 Å². The Morgan fingerprint density at radius 3 is 2.76 bits per heavy atom. The fourth-order valence-electron chi connectivity index (χ4n) is 5.98. The van der Waals surface area contributed by atoms with Crippen molar-refractivity contribution in [3.63, 3.8) is 0 Å². The molecular formula is C26H39N3O4. The molecule has 3 fully saturated rings. The first-order valence-electron chi connectivity index (χ1n) is 12.6. The number of hydrogen-bond donors (Lipinski definition) is 0. The van der Waals surface area contributed by atoms with Crippen LogP contribution in [0.1, 0.15) is 44.9 Å². The molecule has 1 aromatic carbocycles. The second kappa shape index (κ2) is 11.3. The van der Waals surface area contributed by atoms with Crippen molar-refractivity contribution in [2.75, 3.05) is 58.5 Å². The minimum atomic E-state index is -0.309. The van der Waals surface area contributed by atoms with Gasteiger partial charge in [-0.15, -0.1) is 0 Å². The molecule has 1 aromatic rings. The SMILES string of the molecule is COCCCN(C[C@@H]1CCCN2CCCC[C@@H]12)C(=O)[C@@H]1CC(=O)N(c2ccccc2OC)C1. The third kappa shape index (κ3) is 5.52. The number of benzene rings is 1. The molecule has 7 heteroatoms. The molecule has 0 radical (unpaired) electrons. The molecule has 0 spiro atoms. The van der Waals surface area contributed by atoms with Gasteiger partial charge in [0, 0.05) is 45.8 Å². The van der Waals surface area contributed by atoms with E-state index in [1.165, 1.54) is 45.2 Å². The second-order valence-electron chi connectivity index (χ2n) is 9.71. The van der Waals surface area contributed by atoms with Gasteiger partial charge in [-0.2, -0.15) is 0 Å². The highest BCUT2D eigenvalue weighted by Crippen LogP contribution is 2.35. The number of nitrogens with zero attached hydrogens (tertiary/aromatic N) is 3. The highest BCUT2D eigenvalue weighted by Gasteiger charge is 2.40. The van der Waals surface area contributed by atoms with Crippen LogP contribution in [-0.2, 0) is 14.3 Å². The lowest BCUT2D eigenvalue weighted by molar-refractivity contribution is -0.137. The van der Waals surface area contributed by atoms with E-state index < -0.39 is 0 Å². The number of fused-ring (bicyclic) bond motifs is 1. The largest absolute Gasteiger partial charge is 0.495 e. The zero-order valence-corrected chi connectivity index (χ0v) is 20.2. The summed E-state index contributed by atoms with van der Waals surface area (Å²) < 4.78 is 10.7. The Bertz CT molecular complexity index is 814. The van der Waals surface area contributed by atoms with E-state index in [1.54, 1.807) is 19.1 Å². The lowest BCUT2D eigenvalue weighted by Crippen LogP contribution is -2.52. The molecule has 33 heavy (non-hydrogen) atoms. The number of ether oxygens (including phenoxy) is 2. The lowest BCUT2D eigenvalue weighted by Gasteiger charge is -2.46. The Balaban J connectivity index is 1.46. The first kappa shape index (κ1) is 24.0. The second-order valence-corrected chi connectivity index (χ2v) is 9.71. The molecule has 0 bridgehead atoms. The first-order chi connectivity index (χ1) is 16.1. The quantitative estimate of drug-likeness (QED) is 0.533. The number of hydrogen-bond acceptors (Lipinski definition) is 5. The van der Waals surface area contributed by atoms with Crippen molar-refractivity contribution in [3.05, 3.63) is 24.3 Å². The molecule has 3 aliphatic rings. The summed E-state index contributed by atoms with van der Waals surface area (Å²) in [5.41, 5.74) is 0.747. The summed E-state index contributed by atoms with van der Waals surface area (Å²) in [5.74, 6) is 0.982. The van der Waals surface area contributed by atoms with Gasteiger partial charge in [0.05, 0.1) is 18.7 Å². The predicted molar refractivity (Wildman–Crippen MR) is 128 cm³/mol. The molecule has 7 nitrogen and oxygen atoms in total. The Kier molecular flexibility index (Phi) is 8.25. The van der Waals surface area contributed by atoms with Crippen LogP contribution in [-0.4, -0.2) is 81.2 Å². The fraction of sp³-hybridized carbons (Fsp3) is 0.692. The molecule has 3 atom stereocenters. The smallest absolute Gasteiger partial charge is 0.228 e. The molecule has 2 amide bonds.